The molecule has 0 unspecified atom stereocenters. The first-order valence-electron chi connectivity index (χ1n) is 0.770. The Morgan fingerprint density at radius 3 is 2.00 bits per heavy atom. The molecule has 0 N–H and O–H groups in total. The van der Waals surface area contributed by atoms with Crippen LogP contribution in [0.15, 0.2) is 0 Å². The third-order valence-corrected chi connectivity index (χ3v) is 0.143. The fourth-order valence-corrected chi connectivity index (χ4v) is 0. The number of hydrogen-bond donors (Lipinski definition) is 0. The van der Waals surface area contributed by atoms with E-state index in [1.54, 1.807) is 0 Å². The maximum Gasteiger partial charge on any atom is 0.324 e. The minimum Gasteiger partial charge on any atom is -0.353 e. The predicted octanol–water partition coefficient (Wildman–Crippen LogP) is 0.348. The monoisotopic (exact) mass is 76.0 g/mol. The Morgan fingerprint density at radius 1 is 1.75 bits per heavy atom. The smallest absolute Gasteiger partial charge is 0.324 e. The fourth-order valence-electron chi connectivity index (χ4n) is 0. The first-order valence-corrected chi connectivity index (χ1v) is 1.21. The second-order valence-corrected chi connectivity index (χ2v) is 0.504. The molecule has 0 atom stereocenters. The molecular formula is B2ClF. The van der Waals surface area contributed by atoms with Crippen molar-refractivity contribution < 1.29 is 4.32 Å². The average Bonchev–Trinajstić information content (AvgIpc) is 1.37. The van der Waals surface area contributed by atoms with E-state index in [9.17, 15) is 4.32 Å². The van der Waals surface area contributed by atoms with E-state index in [1.165, 1.54) is 0 Å². The Kier molecular flexibility index (Phi) is 3.64. The molecule has 0 fully saturated rings. The largest absolute Gasteiger partial charge is 0.353 e. The highest BCUT2D eigenvalue weighted by molar-refractivity contribution is 7.24. The van der Waals surface area contributed by atoms with Crippen molar-refractivity contribution >= 4 is 25.5 Å². The van der Waals surface area contributed by atoms with Gasteiger partial charge >= 0.3 is 7.45 Å². The number of rotatable bonds is 1. The van der Waals surface area contributed by atoms with Crippen molar-refractivity contribution in [3.05, 3.63) is 0 Å². The summed E-state index contributed by atoms with van der Waals surface area (Å²) >= 11 is 4.63. The molecular weight excluding hydrogens is 76.1 g/mol. The van der Waals surface area contributed by atoms with Crippen molar-refractivity contribution in [1.29, 1.82) is 0 Å². The van der Waals surface area contributed by atoms with Crippen LogP contribution < -0.4 is 0 Å². The van der Waals surface area contributed by atoms with E-state index in [0.29, 0.717) is 0 Å². The van der Waals surface area contributed by atoms with Crippen LogP contribution in [0.4, 0.5) is 4.32 Å². The van der Waals surface area contributed by atoms with Crippen LogP contribution in [-0.2, 0) is 0 Å². The van der Waals surface area contributed by atoms with E-state index in [0.717, 1.165) is 6.59 Å². The van der Waals surface area contributed by atoms with Gasteiger partial charge in [-0.05, 0) is 0 Å². The van der Waals surface area contributed by atoms with Crippen molar-refractivity contribution in [2.45, 2.75) is 0 Å². The van der Waals surface area contributed by atoms with Crippen molar-refractivity contribution in [2.24, 2.45) is 0 Å². The predicted molar refractivity (Wildman–Crippen MR) is 18.5 cm³/mol. The molecule has 4 heteroatoms. The molecule has 20 valence electrons. The Bertz CT molecular complexity index is 8.00. The Morgan fingerprint density at radius 2 is 2.00 bits per heavy atom. The number of halogens is 2. The summed E-state index contributed by atoms with van der Waals surface area (Å²) < 4.78 is 10.4. The zero-order chi connectivity index (χ0) is 3.41. The maximum absolute atomic E-state index is 10.4. The minimum atomic E-state index is 0.265. The molecule has 0 aliphatic rings. The second-order valence-electron chi connectivity index (χ2n) is 0.252. The fraction of sp³-hybridized carbons (Fsp3) is 0. The van der Waals surface area contributed by atoms with Crippen LogP contribution in [0.1, 0.15) is 0 Å². The highest BCUT2D eigenvalue weighted by Crippen LogP contribution is 1.60. The van der Waals surface area contributed by atoms with Crippen LogP contribution in [0, 0.1) is 0 Å². The molecule has 0 nitrogen and oxygen atoms in total. The molecule has 0 aromatic carbocycles. The Hall–Kier alpha value is 0.350. The topological polar surface area (TPSA) is 0 Å². The molecule has 0 spiro atoms. The summed E-state index contributed by atoms with van der Waals surface area (Å²) in [5, 5.41) is 0. The SMILES string of the molecule is F[B][B]Cl. The molecule has 0 aliphatic heterocycles. The summed E-state index contributed by atoms with van der Waals surface area (Å²) in [7, 11) is 0.265. The molecule has 0 bridgehead atoms. The maximum atomic E-state index is 10.4. The summed E-state index contributed by atoms with van der Waals surface area (Å²) in [5.74, 6) is 0. The summed E-state index contributed by atoms with van der Waals surface area (Å²) in [4.78, 5) is 0. The molecule has 0 aromatic rings. The molecule has 0 aromatic heterocycles. The van der Waals surface area contributed by atoms with Gasteiger partial charge in [0.25, 0.3) is 0 Å². The summed E-state index contributed by atoms with van der Waals surface area (Å²) in [6.07, 6.45) is 0. The van der Waals surface area contributed by atoms with Gasteiger partial charge in [-0.1, -0.05) is 0 Å². The van der Waals surface area contributed by atoms with E-state index in [2.05, 4.69) is 11.5 Å². The third kappa shape index (κ3) is 2.35. The van der Waals surface area contributed by atoms with Gasteiger partial charge in [0.1, 0.15) is 0 Å². The Labute approximate surface area is 30.8 Å². The quantitative estimate of drug-likeness (QED) is 0.395. The van der Waals surface area contributed by atoms with E-state index < -0.39 is 0 Å². The van der Waals surface area contributed by atoms with E-state index in [-0.39, 0.29) is 7.45 Å². The second kappa shape index (κ2) is 3.35. The molecule has 4 heavy (non-hydrogen) atoms. The van der Waals surface area contributed by atoms with Crippen molar-refractivity contribution in [3.63, 3.8) is 0 Å². The van der Waals surface area contributed by atoms with Gasteiger partial charge in [0, 0.05) is 0 Å². The molecule has 0 rings (SSSR count). The third-order valence-electron chi connectivity index (χ3n) is 0.0476. The van der Waals surface area contributed by atoms with E-state index in [4.69, 9.17) is 0 Å². The van der Waals surface area contributed by atoms with Gasteiger partial charge in [0.2, 0.25) is 6.59 Å². The first kappa shape index (κ1) is 4.35. The summed E-state index contributed by atoms with van der Waals surface area (Å²) in [5.41, 5.74) is 0. The lowest BCUT2D eigenvalue weighted by atomic mass is 9.74. The molecule has 0 saturated carbocycles. The standard InChI is InChI=1S/B2ClF/c3-1-2-4. The lowest BCUT2D eigenvalue weighted by Crippen LogP contribution is -1.81. The molecule has 0 heterocycles. The molecule has 0 saturated heterocycles. The van der Waals surface area contributed by atoms with Gasteiger partial charge in [-0.25, -0.2) is 11.5 Å². The van der Waals surface area contributed by atoms with E-state index >= 15 is 0 Å². The normalized spacial score (nSPS) is 5.50. The zero-order valence-electron chi connectivity index (χ0n) is 1.91. The van der Waals surface area contributed by atoms with Crippen molar-refractivity contribution in [2.75, 3.05) is 0 Å². The molecule has 2 radical (unpaired) electrons. The lowest BCUT2D eigenvalue weighted by Gasteiger charge is -1.52. The van der Waals surface area contributed by atoms with Crippen LogP contribution in [-0.4, -0.2) is 14.0 Å². The van der Waals surface area contributed by atoms with Gasteiger partial charge in [-0.2, -0.15) is 0 Å². The summed E-state index contributed by atoms with van der Waals surface area (Å²) in [6, 6.07) is 0. The van der Waals surface area contributed by atoms with Gasteiger partial charge in [0.05, 0.1) is 0 Å². The first-order chi connectivity index (χ1) is 1.91. The highest BCUT2D eigenvalue weighted by atomic mass is 35.5. The van der Waals surface area contributed by atoms with Gasteiger partial charge in [-0.3, -0.25) is 0 Å². The minimum absolute atomic E-state index is 0.265. The zero-order valence-corrected chi connectivity index (χ0v) is 2.67. The van der Waals surface area contributed by atoms with Crippen molar-refractivity contribution in [3.8, 4) is 0 Å². The highest BCUT2D eigenvalue weighted by Gasteiger charge is 1.77. The van der Waals surface area contributed by atoms with Crippen molar-refractivity contribution in [1.82, 2.24) is 0 Å². The van der Waals surface area contributed by atoms with Crippen LogP contribution >= 0.6 is 11.5 Å². The summed E-state index contributed by atoms with van der Waals surface area (Å²) in [6.45, 7) is 0.806. The van der Waals surface area contributed by atoms with E-state index in [1.807, 2.05) is 0 Å². The van der Waals surface area contributed by atoms with Crippen LogP contribution in [0.3, 0.4) is 0 Å². The Balaban J connectivity index is 1.97. The molecule has 0 amide bonds. The van der Waals surface area contributed by atoms with Gasteiger partial charge in [0.15, 0.2) is 0 Å². The average molecular weight is 76.1 g/mol. The van der Waals surface area contributed by atoms with Crippen LogP contribution in [0.25, 0.3) is 0 Å². The number of hydrogen-bond acceptors (Lipinski definition) is 0. The van der Waals surface area contributed by atoms with Gasteiger partial charge in [-0.15, -0.1) is 0 Å². The lowest BCUT2D eigenvalue weighted by molar-refractivity contribution is 0.893. The van der Waals surface area contributed by atoms with Crippen LogP contribution in [0.2, 0.25) is 0 Å². The molecule has 0 aliphatic carbocycles. The van der Waals surface area contributed by atoms with Crippen LogP contribution in [0.5, 0.6) is 0 Å². The van der Waals surface area contributed by atoms with Gasteiger partial charge < -0.3 is 4.32 Å².